The molecular formula is C16H20N4O4. The fourth-order valence-electron chi connectivity index (χ4n) is 2.81. The molecule has 0 saturated heterocycles. The number of rotatable bonds is 5. The van der Waals surface area contributed by atoms with Crippen molar-refractivity contribution in [1.29, 1.82) is 0 Å². The number of hydrogen-bond acceptors (Lipinski definition) is 6. The lowest BCUT2D eigenvalue weighted by Crippen LogP contribution is -2.29. The molecule has 0 aromatic heterocycles. The van der Waals surface area contributed by atoms with E-state index in [1.54, 1.807) is 0 Å². The first-order valence-electron chi connectivity index (χ1n) is 7.66. The SMILES string of the molecule is CC1=CCCC[C@@]1(C)/C(C)=N/Nc1ccc([N+](=O)[O-])cc1[N+](=O)[O-]. The van der Waals surface area contributed by atoms with Crippen molar-refractivity contribution in [3.8, 4) is 0 Å². The first-order chi connectivity index (χ1) is 11.3. The van der Waals surface area contributed by atoms with Crippen LogP contribution in [0.15, 0.2) is 34.9 Å². The van der Waals surface area contributed by atoms with Crippen LogP contribution in [-0.4, -0.2) is 15.6 Å². The van der Waals surface area contributed by atoms with Gasteiger partial charge in [-0.05, 0) is 39.2 Å². The molecule has 8 heteroatoms. The number of hydrazone groups is 1. The average molecular weight is 332 g/mol. The molecule has 128 valence electrons. The van der Waals surface area contributed by atoms with Crippen LogP contribution in [0.2, 0.25) is 0 Å². The quantitative estimate of drug-likeness (QED) is 0.371. The number of allylic oxidation sites excluding steroid dienone is 2. The van der Waals surface area contributed by atoms with Gasteiger partial charge in [0.15, 0.2) is 0 Å². The normalized spacial score (nSPS) is 21.1. The summed E-state index contributed by atoms with van der Waals surface area (Å²) in [5.74, 6) is 0. The maximum absolute atomic E-state index is 11.1. The standard InChI is InChI=1S/C16H20N4O4/c1-11-6-4-5-9-16(11,3)12(2)17-18-14-8-7-13(19(21)22)10-15(14)20(23)24/h6-8,10,18H,4-5,9H2,1-3H3/b17-12+/t16-/m1/s1. The average Bonchev–Trinajstić information content (AvgIpc) is 2.54. The van der Waals surface area contributed by atoms with Gasteiger partial charge in [-0.15, -0.1) is 0 Å². The minimum absolute atomic E-state index is 0.131. The van der Waals surface area contributed by atoms with E-state index >= 15 is 0 Å². The van der Waals surface area contributed by atoms with Gasteiger partial charge in [-0.2, -0.15) is 5.10 Å². The van der Waals surface area contributed by atoms with Crippen molar-refractivity contribution in [2.45, 2.75) is 40.0 Å². The second kappa shape index (κ2) is 6.77. The Morgan fingerprint density at radius 1 is 1.29 bits per heavy atom. The third-order valence-electron chi connectivity index (χ3n) is 4.73. The van der Waals surface area contributed by atoms with Crippen LogP contribution >= 0.6 is 0 Å². The van der Waals surface area contributed by atoms with Gasteiger partial charge in [0.05, 0.1) is 15.9 Å². The highest BCUT2D eigenvalue weighted by molar-refractivity contribution is 5.91. The lowest BCUT2D eigenvalue weighted by atomic mass is 9.72. The number of nitrogens with one attached hydrogen (secondary N) is 1. The molecule has 0 radical (unpaired) electrons. The van der Waals surface area contributed by atoms with Gasteiger partial charge in [-0.3, -0.25) is 25.7 Å². The zero-order valence-electron chi connectivity index (χ0n) is 13.9. The summed E-state index contributed by atoms with van der Waals surface area (Å²) in [7, 11) is 0. The number of benzene rings is 1. The Balaban J connectivity index is 2.31. The van der Waals surface area contributed by atoms with E-state index in [9.17, 15) is 20.2 Å². The molecule has 0 unspecified atom stereocenters. The number of nitro groups is 2. The van der Waals surface area contributed by atoms with Crippen LogP contribution in [0.3, 0.4) is 0 Å². The summed E-state index contributed by atoms with van der Waals surface area (Å²) in [6.07, 6.45) is 5.28. The van der Waals surface area contributed by atoms with E-state index in [2.05, 4.69) is 30.5 Å². The summed E-state index contributed by atoms with van der Waals surface area (Å²) >= 11 is 0. The molecule has 0 fully saturated rings. The lowest BCUT2D eigenvalue weighted by Gasteiger charge is -2.33. The zero-order chi connectivity index (χ0) is 17.9. The van der Waals surface area contributed by atoms with Crippen LogP contribution < -0.4 is 5.43 Å². The van der Waals surface area contributed by atoms with Crippen LogP contribution in [0.5, 0.6) is 0 Å². The number of nitro benzene ring substituents is 2. The van der Waals surface area contributed by atoms with Gasteiger partial charge >= 0.3 is 5.69 Å². The summed E-state index contributed by atoms with van der Waals surface area (Å²) in [6, 6.07) is 3.45. The zero-order valence-corrected chi connectivity index (χ0v) is 13.9. The van der Waals surface area contributed by atoms with E-state index in [1.807, 2.05) is 6.92 Å². The third kappa shape index (κ3) is 3.42. The lowest BCUT2D eigenvalue weighted by molar-refractivity contribution is -0.393. The maximum Gasteiger partial charge on any atom is 0.301 e. The van der Waals surface area contributed by atoms with Gasteiger partial charge in [0.1, 0.15) is 5.69 Å². The summed E-state index contributed by atoms with van der Waals surface area (Å²) in [4.78, 5) is 20.6. The molecule has 1 aromatic rings. The molecule has 0 bridgehead atoms. The van der Waals surface area contributed by atoms with Crippen LogP contribution in [0, 0.1) is 25.6 Å². The van der Waals surface area contributed by atoms with E-state index in [0.717, 1.165) is 31.0 Å². The highest BCUT2D eigenvalue weighted by atomic mass is 16.6. The molecule has 0 heterocycles. The van der Waals surface area contributed by atoms with E-state index in [0.29, 0.717) is 0 Å². The molecule has 1 aromatic carbocycles. The number of hydrogen-bond donors (Lipinski definition) is 1. The first-order valence-corrected chi connectivity index (χ1v) is 7.66. The molecule has 8 nitrogen and oxygen atoms in total. The van der Waals surface area contributed by atoms with Crippen molar-refractivity contribution < 1.29 is 9.85 Å². The van der Waals surface area contributed by atoms with Gasteiger partial charge in [-0.1, -0.05) is 18.6 Å². The minimum atomic E-state index is -0.664. The topological polar surface area (TPSA) is 111 Å². The Morgan fingerprint density at radius 3 is 2.58 bits per heavy atom. The Morgan fingerprint density at radius 2 is 2.00 bits per heavy atom. The number of nitrogens with zero attached hydrogens (tertiary/aromatic N) is 3. The summed E-state index contributed by atoms with van der Waals surface area (Å²) in [5.41, 5.74) is 4.00. The van der Waals surface area contributed by atoms with Gasteiger partial charge in [0, 0.05) is 17.2 Å². The molecular weight excluding hydrogens is 312 g/mol. The van der Waals surface area contributed by atoms with Crippen molar-refractivity contribution >= 4 is 22.8 Å². The largest absolute Gasteiger partial charge is 0.301 e. The molecule has 24 heavy (non-hydrogen) atoms. The van der Waals surface area contributed by atoms with Gasteiger partial charge < -0.3 is 0 Å². The van der Waals surface area contributed by atoms with Crippen LogP contribution in [0.4, 0.5) is 17.1 Å². The molecule has 1 aliphatic carbocycles. The maximum atomic E-state index is 11.1. The van der Waals surface area contributed by atoms with Crippen LogP contribution in [0.1, 0.15) is 40.0 Å². The summed E-state index contributed by atoms with van der Waals surface area (Å²) < 4.78 is 0. The molecule has 0 spiro atoms. The van der Waals surface area contributed by atoms with Crippen molar-refractivity contribution in [3.05, 3.63) is 50.1 Å². The van der Waals surface area contributed by atoms with Crippen LogP contribution in [-0.2, 0) is 0 Å². The molecule has 0 saturated carbocycles. The van der Waals surface area contributed by atoms with Crippen molar-refractivity contribution in [2.24, 2.45) is 10.5 Å². The van der Waals surface area contributed by atoms with Gasteiger partial charge in [0.2, 0.25) is 0 Å². The molecule has 1 aliphatic rings. The highest BCUT2D eigenvalue weighted by Crippen LogP contribution is 2.38. The minimum Gasteiger partial charge on any atom is -0.272 e. The van der Waals surface area contributed by atoms with Crippen molar-refractivity contribution in [2.75, 3.05) is 5.43 Å². The first kappa shape index (κ1) is 17.6. The highest BCUT2D eigenvalue weighted by Gasteiger charge is 2.31. The van der Waals surface area contributed by atoms with E-state index < -0.39 is 9.85 Å². The molecule has 0 amide bonds. The predicted octanol–water partition coefficient (Wildman–Crippen LogP) is 4.43. The monoisotopic (exact) mass is 332 g/mol. The Bertz CT molecular complexity index is 742. The molecule has 0 aliphatic heterocycles. The second-order valence-corrected chi connectivity index (χ2v) is 6.14. The Kier molecular flexibility index (Phi) is 4.96. The smallest absolute Gasteiger partial charge is 0.272 e. The van der Waals surface area contributed by atoms with E-state index in [4.69, 9.17) is 0 Å². The van der Waals surface area contributed by atoms with Gasteiger partial charge in [-0.25, -0.2) is 0 Å². The molecule has 1 N–H and O–H groups in total. The Hall–Kier alpha value is -2.77. The summed E-state index contributed by atoms with van der Waals surface area (Å²) in [5, 5.41) is 26.2. The fraction of sp³-hybridized carbons (Fsp3) is 0.438. The van der Waals surface area contributed by atoms with E-state index in [-0.39, 0.29) is 22.5 Å². The second-order valence-electron chi connectivity index (χ2n) is 6.14. The fourth-order valence-corrected chi connectivity index (χ4v) is 2.81. The molecule has 1 atom stereocenters. The van der Waals surface area contributed by atoms with Gasteiger partial charge in [0.25, 0.3) is 5.69 Å². The van der Waals surface area contributed by atoms with Crippen LogP contribution in [0.25, 0.3) is 0 Å². The van der Waals surface area contributed by atoms with E-state index in [1.165, 1.54) is 17.7 Å². The van der Waals surface area contributed by atoms with Crippen molar-refractivity contribution in [3.63, 3.8) is 0 Å². The third-order valence-corrected chi connectivity index (χ3v) is 4.73. The van der Waals surface area contributed by atoms with Crippen molar-refractivity contribution in [1.82, 2.24) is 0 Å². The predicted molar refractivity (Wildman–Crippen MR) is 92.2 cm³/mol. The summed E-state index contributed by atoms with van der Waals surface area (Å²) in [6.45, 7) is 6.04. The number of non-ortho nitro benzene ring substituents is 1. The Labute approximate surface area is 139 Å². The molecule has 2 rings (SSSR count). The number of anilines is 1.